The molecule has 128 valence electrons. The maximum Gasteiger partial charge on any atom is 0.227 e. The fourth-order valence-corrected chi connectivity index (χ4v) is 3.04. The molecule has 0 radical (unpaired) electrons. The number of benzene rings is 1. The number of anilines is 2. The highest BCUT2D eigenvalue weighted by Crippen LogP contribution is 2.18. The number of hydrogen-bond donors (Lipinski definition) is 1. The number of nitrogens with one attached hydrogen (secondary N) is 1. The molecule has 2 heterocycles. The Labute approximate surface area is 143 Å². The van der Waals surface area contributed by atoms with Crippen molar-refractivity contribution < 1.29 is 4.39 Å². The molecule has 0 amide bonds. The summed E-state index contributed by atoms with van der Waals surface area (Å²) in [6, 6.07) is 8.63. The van der Waals surface area contributed by atoms with Gasteiger partial charge in [-0.05, 0) is 43.9 Å². The van der Waals surface area contributed by atoms with Crippen LogP contribution in [0.1, 0.15) is 36.9 Å². The van der Waals surface area contributed by atoms with Crippen molar-refractivity contribution >= 4 is 11.8 Å². The van der Waals surface area contributed by atoms with Crippen molar-refractivity contribution in [1.82, 2.24) is 9.97 Å². The first-order valence-corrected chi connectivity index (χ1v) is 8.80. The number of hydrogen-bond acceptors (Lipinski definition) is 4. The van der Waals surface area contributed by atoms with Gasteiger partial charge in [-0.2, -0.15) is 4.98 Å². The van der Waals surface area contributed by atoms with E-state index in [0.29, 0.717) is 0 Å². The van der Waals surface area contributed by atoms with Crippen molar-refractivity contribution in [1.29, 1.82) is 0 Å². The van der Waals surface area contributed by atoms with Gasteiger partial charge in [0.25, 0.3) is 0 Å². The Morgan fingerprint density at radius 3 is 2.46 bits per heavy atom. The summed E-state index contributed by atoms with van der Waals surface area (Å²) in [6.45, 7) is 4.85. The first-order valence-electron chi connectivity index (χ1n) is 8.80. The standard InChI is InChI=1S/C19H25FN4/c1-15-14-18(21-11-10-16-6-8-17(20)9-7-16)23-19(22-15)24-12-4-2-3-5-13-24/h6-9,14H,2-5,10-13H2,1H3,(H,21,22,23). The zero-order chi connectivity index (χ0) is 16.8. The van der Waals surface area contributed by atoms with E-state index in [1.54, 1.807) is 0 Å². The molecular formula is C19H25FN4. The highest BCUT2D eigenvalue weighted by molar-refractivity contribution is 5.43. The molecular weight excluding hydrogens is 303 g/mol. The van der Waals surface area contributed by atoms with E-state index in [-0.39, 0.29) is 5.82 Å². The van der Waals surface area contributed by atoms with Crippen molar-refractivity contribution in [3.63, 3.8) is 0 Å². The summed E-state index contributed by atoms with van der Waals surface area (Å²) in [5, 5.41) is 3.37. The van der Waals surface area contributed by atoms with Crippen LogP contribution in [-0.4, -0.2) is 29.6 Å². The maximum atomic E-state index is 12.9. The molecule has 0 saturated carbocycles. The van der Waals surface area contributed by atoms with Crippen LogP contribution in [0.2, 0.25) is 0 Å². The predicted molar refractivity (Wildman–Crippen MR) is 96.0 cm³/mol. The zero-order valence-corrected chi connectivity index (χ0v) is 14.3. The van der Waals surface area contributed by atoms with E-state index in [0.717, 1.165) is 49.1 Å². The van der Waals surface area contributed by atoms with E-state index in [1.165, 1.54) is 37.8 Å². The van der Waals surface area contributed by atoms with Crippen LogP contribution >= 0.6 is 0 Å². The zero-order valence-electron chi connectivity index (χ0n) is 14.3. The first-order chi connectivity index (χ1) is 11.7. The fourth-order valence-electron chi connectivity index (χ4n) is 3.04. The average molecular weight is 328 g/mol. The van der Waals surface area contributed by atoms with Gasteiger partial charge >= 0.3 is 0 Å². The van der Waals surface area contributed by atoms with Crippen molar-refractivity contribution in [3.05, 3.63) is 47.4 Å². The number of aryl methyl sites for hydroxylation is 1. The molecule has 1 aromatic heterocycles. The van der Waals surface area contributed by atoms with Gasteiger partial charge in [0.2, 0.25) is 5.95 Å². The molecule has 1 N–H and O–H groups in total. The van der Waals surface area contributed by atoms with E-state index in [4.69, 9.17) is 0 Å². The fraction of sp³-hybridized carbons (Fsp3) is 0.474. The largest absolute Gasteiger partial charge is 0.370 e. The smallest absolute Gasteiger partial charge is 0.227 e. The van der Waals surface area contributed by atoms with Crippen molar-refractivity contribution in [2.45, 2.75) is 39.0 Å². The Morgan fingerprint density at radius 2 is 1.75 bits per heavy atom. The molecule has 24 heavy (non-hydrogen) atoms. The van der Waals surface area contributed by atoms with Crippen molar-refractivity contribution in [2.75, 3.05) is 29.9 Å². The molecule has 4 nitrogen and oxygen atoms in total. The second kappa shape index (κ2) is 8.08. The van der Waals surface area contributed by atoms with Gasteiger partial charge in [-0.15, -0.1) is 0 Å². The molecule has 0 bridgehead atoms. The van der Waals surface area contributed by atoms with Gasteiger partial charge in [-0.25, -0.2) is 9.37 Å². The topological polar surface area (TPSA) is 41.1 Å². The molecule has 1 fully saturated rings. The SMILES string of the molecule is Cc1cc(NCCc2ccc(F)cc2)nc(N2CCCCCC2)n1. The van der Waals surface area contributed by atoms with Gasteiger partial charge in [0.1, 0.15) is 11.6 Å². The monoisotopic (exact) mass is 328 g/mol. The number of rotatable bonds is 5. The maximum absolute atomic E-state index is 12.9. The van der Waals surface area contributed by atoms with Crippen molar-refractivity contribution in [2.24, 2.45) is 0 Å². The lowest BCUT2D eigenvalue weighted by molar-refractivity contribution is 0.627. The molecule has 0 spiro atoms. The van der Waals surface area contributed by atoms with Crippen molar-refractivity contribution in [3.8, 4) is 0 Å². The number of aromatic nitrogens is 2. The molecule has 1 aromatic carbocycles. The van der Waals surface area contributed by atoms with Gasteiger partial charge < -0.3 is 10.2 Å². The molecule has 0 aliphatic carbocycles. The van der Waals surface area contributed by atoms with Gasteiger partial charge in [-0.1, -0.05) is 25.0 Å². The molecule has 1 aliphatic rings. The van der Waals surface area contributed by atoms with Gasteiger partial charge in [0.05, 0.1) is 0 Å². The second-order valence-corrected chi connectivity index (χ2v) is 6.40. The minimum absolute atomic E-state index is 0.194. The van der Waals surface area contributed by atoms with Crippen LogP contribution < -0.4 is 10.2 Å². The minimum Gasteiger partial charge on any atom is -0.370 e. The summed E-state index contributed by atoms with van der Waals surface area (Å²) in [6.07, 6.45) is 5.85. The third kappa shape index (κ3) is 4.66. The van der Waals surface area contributed by atoms with E-state index >= 15 is 0 Å². The Morgan fingerprint density at radius 1 is 1.04 bits per heavy atom. The van der Waals surface area contributed by atoms with E-state index in [2.05, 4.69) is 20.2 Å². The van der Waals surface area contributed by atoms with E-state index < -0.39 is 0 Å². The van der Waals surface area contributed by atoms with Crippen LogP contribution in [0.25, 0.3) is 0 Å². The number of nitrogens with zero attached hydrogens (tertiary/aromatic N) is 3. The van der Waals surface area contributed by atoms with Gasteiger partial charge in [0.15, 0.2) is 0 Å². The van der Waals surface area contributed by atoms with Gasteiger partial charge in [0, 0.05) is 31.4 Å². The first kappa shape index (κ1) is 16.7. The Balaban J connectivity index is 1.61. The minimum atomic E-state index is -0.194. The predicted octanol–water partition coefficient (Wildman–Crippen LogP) is 3.96. The molecule has 0 atom stereocenters. The molecule has 1 saturated heterocycles. The van der Waals surface area contributed by atoms with Gasteiger partial charge in [-0.3, -0.25) is 0 Å². The second-order valence-electron chi connectivity index (χ2n) is 6.40. The molecule has 1 aliphatic heterocycles. The lowest BCUT2D eigenvalue weighted by Gasteiger charge is -2.21. The average Bonchev–Trinajstić information content (AvgIpc) is 2.86. The molecule has 3 rings (SSSR count). The normalized spacial score (nSPS) is 15.2. The summed E-state index contributed by atoms with van der Waals surface area (Å²) in [5.41, 5.74) is 2.09. The highest BCUT2D eigenvalue weighted by Gasteiger charge is 2.13. The highest BCUT2D eigenvalue weighted by atomic mass is 19.1. The summed E-state index contributed by atoms with van der Waals surface area (Å²) < 4.78 is 12.9. The third-order valence-electron chi connectivity index (χ3n) is 4.36. The Kier molecular flexibility index (Phi) is 5.62. The summed E-state index contributed by atoms with van der Waals surface area (Å²) in [5.74, 6) is 1.50. The van der Waals surface area contributed by atoms with Crippen LogP contribution in [0.3, 0.4) is 0 Å². The molecule has 5 heteroatoms. The van der Waals surface area contributed by atoms with E-state index in [9.17, 15) is 4.39 Å². The summed E-state index contributed by atoms with van der Waals surface area (Å²) >= 11 is 0. The molecule has 2 aromatic rings. The van der Waals surface area contributed by atoms with Crippen LogP contribution in [0.5, 0.6) is 0 Å². The van der Waals surface area contributed by atoms with Crippen LogP contribution in [0, 0.1) is 12.7 Å². The number of halogens is 1. The summed E-state index contributed by atoms with van der Waals surface area (Å²) in [7, 11) is 0. The lowest BCUT2D eigenvalue weighted by Crippen LogP contribution is -2.26. The Hall–Kier alpha value is -2.17. The van der Waals surface area contributed by atoms with Crippen LogP contribution in [0.4, 0.5) is 16.2 Å². The lowest BCUT2D eigenvalue weighted by atomic mass is 10.1. The Bertz CT molecular complexity index is 649. The third-order valence-corrected chi connectivity index (χ3v) is 4.36. The van der Waals surface area contributed by atoms with E-state index in [1.807, 2.05) is 25.1 Å². The quantitative estimate of drug-likeness (QED) is 0.902. The van der Waals surface area contributed by atoms with Crippen LogP contribution in [0.15, 0.2) is 30.3 Å². The summed E-state index contributed by atoms with van der Waals surface area (Å²) in [4.78, 5) is 11.6. The van der Waals surface area contributed by atoms with Crippen LogP contribution in [-0.2, 0) is 6.42 Å². The molecule has 0 unspecified atom stereocenters.